The SMILES string of the molecule is Cc1ccccc1-c1ccc2c3ccccc3n(-c3cccc4c3C(=O)N(c3cccc(-c5ccccc5)c3)C4=O)c2c1.Cc1ccccc1-c1cccc2c3cccc(-c4ccccc4C)c3n(-c3cccc4c3C(=O)N(c3cccc(-c5ccccc5)c3)C4=O)c12.Cc1ccccc1-c1cccc2c3ccccc3n(-c3cccc4c3C(=O)N(c3cccc(-c5ccccc5)c3)C4=O)c12. The molecule has 22 aromatic rings. The van der Waals surface area contributed by atoms with Gasteiger partial charge in [0, 0.05) is 49.0 Å². The van der Waals surface area contributed by atoms with Crippen molar-refractivity contribution in [2.24, 2.45) is 0 Å². The Morgan fingerprint density at radius 1 is 0.162 bits per heavy atom. The molecule has 25 rings (SSSR count). The lowest BCUT2D eigenvalue weighted by Gasteiger charge is -2.18. The van der Waals surface area contributed by atoms with Crippen LogP contribution in [0.1, 0.15) is 84.4 Å². The Hall–Kier alpha value is -18.0. The first-order chi connectivity index (χ1) is 66.7. The summed E-state index contributed by atoms with van der Waals surface area (Å²) in [6.45, 7) is 8.49. The molecule has 12 heteroatoms. The van der Waals surface area contributed by atoms with E-state index in [2.05, 4.69) is 223 Å². The summed E-state index contributed by atoms with van der Waals surface area (Å²) in [6, 6.07) is 145. The van der Waals surface area contributed by atoms with Gasteiger partial charge in [-0.25, -0.2) is 14.7 Å². The van der Waals surface area contributed by atoms with E-state index in [9.17, 15) is 28.8 Å². The molecule has 0 radical (unpaired) electrons. The van der Waals surface area contributed by atoms with Gasteiger partial charge in [-0.1, -0.05) is 346 Å². The van der Waals surface area contributed by atoms with Crippen LogP contribution < -0.4 is 14.7 Å². The maximum Gasteiger partial charge on any atom is 0.268 e. The molecule has 12 nitrogen and oxygen atoms in total. The number of benzene rings is 19. The van der Waals surface area contributed by atoms with Crippen molar-refractivity contribution in [3.05, 3.63) is 492 Å². The zero-order chi connectivity index (χ0) is 92.1. The van der Waals surface area contributed by atoms with E-state index in [4.69, 9.17) is 0 Å². The van der Waals surface area contributed by atoms with E-state index in [1.807, 2.05) is 237 Å². The molecular formula is C124H84N6O6. The number of aromatic nitrogens is 3. The van der Waals surface area contributed by atoms with E-state index in [0.29, 0.717) is 67.5 Å². The number of anilines is 3. The number of hydrogen-bond donors (Lipinski definition) is 0. The van der Waals surface area contributed by atoms with Gasteiger partial charge in [0.15, 0.2) is 0 Å². The predicted octanol–water partition coefficient (Wildman–Crippen LogP) is 29.7. The minimum absolute atomic E-state index is 0.312. The summed E-state index contributed by atoms with van der Waals surface area (Å²) in [4.78, 5) is 89.4. The summed E-state index contributed by atoms with van der Waals surface area (Å²) in [5.74, 6) is -1.92. The quantitative estimate of drug-likeness (QED) is 0.106. The number of carbonyl (C=O) groups excluding carboxylic acids is 6. The van der Waals surface area contributed by atoms with Gasteiger partial charge in [-0.05, 0) is 202 Å². The molecule has 3 aliphatic heterocycles. The smallest absolute Gasteiger partial charge is 0.268 e. The summed E-state index contributed by atoms with van der Waals surface area (Å²) in [7, 11) is 0. The third-order valence-electron chi connectivity index (χ3n) is 27.0. The first-order valence-corrected chi connectivity index (χ1v) is 45.6. The molecule has 0 bridgehead atoms. The first-order valence-electron chi connectivity index (χ1n) is 45.6. The Balaban J connectivity index is 0.000000115. The van der Waals surface area contributed by atoms with Gasteiger partial charge >= 0.3 is 0 Å². The molecule has 136 heavy (non-hydrogen) atoms. The molecule has 3 aromatic heterocycles. The van der Waals surface area contributed by atoms with Gasteiger partial charge < -0.3 is 13.7 Å². The van der Waals surface area contributed by atoms with E-state index in [-0.39, 0.29) is 35.4 Å². The Morgan fingerprint density at radius 2 is 0.426 bits per heavy atom. The molecule has 19 aromatic carbocycles. The number of rotatable bonds is 13. The maximum atomic E-state index is 14.8. The molecule has 0 atom stereocenters. The molecule has 3 aliphatic rings. The summed E-state index contributed by atoms with van der Waals surface area (Å²) in [5, 5.41) is 6.54. The fourth-order valence-corrected chi connectivity index (χ4v) is 20.6. The summed E-state index contributed by atoms with van der Waals surface area (Å²) in [6.07, 6.45) is 0. The second kappa shape index (κ2) is 33.7. The number of para-hydroxylation sites is 5. The van der Waals surface area contributed by atoms with Crippen LogP contribution in [-0.2, 0) is 0 Å². The minimum atomic E-state index is -0.331. The Kier molecular flexibility index (Phi) is 20.4. The van der Waals surface area contributed by atoms with Gasteiger partial charge in [-0.15, -0.1) is 0 Å². The zero-order valence-corrected chi connectivity index (χ0v) is 74.7. The van der Waals surface area contributed by atoms with Crippen LogP contribution in [-0.4, -0.2) is 49.1 Å². The van der Waals surface area contributed by atoms with Crippen LogP contribution in [0.4, 0.5) is 17.1 Å². The number of aryl methyl sites for hydroxylation is 4. The number of nitrogens with zero attached hydrogens (tertiary/aromatic N) is 6. The van der Waals surface area contributed by atoms with Crippen LogP contribution in [0.15, 0.2) is 437 Å². The maximum absolute atomic E-state index is 14.8. The largest absolute Gasteiger partial charge is 0.308 e. The van der Waals surface area contributed by atoms with Gasteiger partial charge in [-0.3, -0.25) is 28.8 Å². The first kappa shape index (κ1) is 82.4. The van der Waals surface area contributed by atoms with E-state index in [1.54, 1.807) is 18.2 Å². The van der Waals surface area contributed by atoms with E-state index < -0.39 is 0 Å². The summed E-state index contributed by atoms with van der Waals surface area (Å²) < 4.78 is 6.54. The van der Waals surface area contributed by atoms with Crippen LogP contribution in [0, 0.1) is 27.7 Å². The van der Waals surface area contributed by atoms with Gasteiger partial charge in [0.2, 0.25) is 0 Å². The third kappa shape index (κ3) is 13.7. The summed E-state index contributed by atoms with van der Waals surface area (Å²) in [5.41, 5.74) is 31.6. The molecule has 0 unspecified atom stereocenters. The fraction of sp³-hybridized carbons (Fsp3) is 0.0323. The van der Waals surface area contributed by atoms with Crippen LogP contribution in [0.3, 0.4) is 0 Å². The number of fused-ring (bicyclic) bond motifs is 12. The Bertz CT molecular complexity index is 8660. The lowest BCUT2D eigenvalue weighted by atomic mass is 9.97. The van der Waals surface area contributed by atoms with E-state index >= 15 is 0 Å². The molecule has 6 heterocycles. The number of carbonyl (C=O) groups is 6. The summed E-state index contributed by atoms with van der Waals surface area (Å²) >= 11 is 0. The number of imide groups is 3. The number of hydrogen-bond acceptors (Lipinski definition) is 6. The van der Waals surface area contributed by atoms with Crippen molar-refractivity contribution in [1.82, 2.24) is 13.7 Å². The Morgan fingerprint density at radius 3 is 0.816 bits per heavy atom. The van der Waals surface area contributed by atoms with Gasteiger partial charge in [-0.2, -0.15) is 0 Å². The molecule has 0 fully saturated rings. The van der Waals surface area contributed by atoms with Crippen molar-refractivity contribution in [3.8, 4) is 95.0 Å². The van der Waals surface area contributed by atoms with Crippen LogP contribution in [0.5, 0.6) is 0 Å². The highest BCUT2D eigenvalue weighted by Crippen LogP contribution is 2.49. The van der Waals surface area contributed by atoms with Gasteiger partial charge in [0.05, 0.1) is 101 Å². The predicted molar refractivity (Wildman–Crippen MR) is 552 cm³/mol. The highest BCUT2D eigenvalue weighted by Gasteiger charge is 2.44. The van der Waals surface area contributed by atoms with Crippen LogP contribution in [0.2, 0.25) is 0 Å². The van der Waals surface area contributed by atoms with Gasteiger partial charge in [0.1, 0.15) is 0 Å². The lowest BCUT2D eigenvalue weighted by molar-refractivity contribution is 0.0910. The topological polar surface area (TPSA) is 127 Å². The van der Waals surface area contributed by atoms with E-state index in [1.165, 1.54) is 25.8 Å². The molecular weight excluding hydrogens is 1670 g/mol. The van der Waals surface area contributed by atoms with Crippen molar-refractivity contribution >= 4 is 118 Å². The minimum Gasteiger partial charge on any atom is -0.308 e. The van der Waals surface area contributed by atoms with Crippen molar-refractivity contribution in [2.45, 2.75) is 27.7 Å². The molecule has 6 amide bonds. The Labute approximate surface area is 785 Å². The molecule has 0 aliphatic carbocycles. The second-order valence-corrected chi connectivity index (χ2v) is 34.8. The lowest BCUT2D eigenvalue weighted by Crippen LogP contribution is -2.29. The van der Waals surface area contributed by atoms with Gasteiger partial charge in [0.25, 0.3) is 35.4 Å². The van der Waals surface area contributed by atoms with Crippen molar-refractivity contribution < 1.29 is 28.8 Å². The fourth-order valence-electron chi connectivity index (χ4n) is 20.6. The molecule has 0 spiro atoms. The van der Waals surface area contributed by atoms with E-state index in [0.717, 1.165) is 154 Å². The normalized spacial score (nSPS) is 12.8. The van der Waals surface area contributed by atoms with Crippen molar-refractivity contribution in [2.75, 3.05) is 14.7 Å². The van der Waals surface area contributed by atoms with Crippen molar-refractivity contribution in [1.29, 1.82) is 0 Å². The highest BCUT2D eigenvalue weighted by molar-refractivity contribution is 6.38. The monoisotopic (exact) mass is 1750 g/mol. The zero-order valence-electron chi connectivity index (χ0n) is 74.7. The second-order valence-electron chi connectivity index (χ2n) is 34.8. The molecule has 0 N–H and O–H groups in total. The van der Waals surface area contributed by atoms with Crippen LogP contribution in [0.25, 0.3) is 160 Å². The standard InChI is InChI=1S/C46H32N2O2.2C39H26N2O2/c1-29-14-6-8-20-34(29)36-22-11-24-38-39-25-12-23-37(35-21-9-7-15-30(35)2)44(39)48(43(36)38)41-27-13-26-40-42(41)46(50)47(45(40)49)33-19-10-18-32(28-33)31-16-4-3-5-17-31;1-25-12-5-6-17-29(25)31-19-10-20-32-30-18-7-8-22-34(30)41(37(31)32)35-23-11-21-33-36(35)39(43)40(38(33)42)28-16-9-15-27(24-28)26-13-3-2-4-14-26;1-25-11-5-6-16-30(25)28-21-22-32-31-17-7-8-19-34(31)41(36(32)24-28)35-20-10-18-33-37(35)39(43)40(38(33)42)29-15-9-14-27(23-29)26-12-3-2-4-13-26/h3-28H,1-2H3;2*2-24H,1H3. The average molecular weight is 1750 g/mol. The molecule has 0 saturated heterocycles. The molecule has 646 valence electrons. The van der Waals surface area contributed by atoms with Crippen LogP contribution >= 0.6 is 0 Å². The molecule has 0 saturated carbocycles. The highest BCUT2D eigenvalue weighted by atomic mass is 16.2. The third-order valence-corrected chi connectivity index (χ3v) is 27.0. The van der Waals surface area contributed by atoms with Crippen molar-refractivity contribution in [3.63, 3.8) is 0 Å². The average Bonchev–Trinajstić information content (AvgIpc) is 1.56. The number of amides is 6.